The van der Waals surface area contributed by atoms with E-state index in [0.29, 0.717) is 39.2 Å². The van der Waals surface area contributed by atoms with Gasteiger partial charge < -0.3 is 202 Å². The molecule has 7 unspecified atom stereocenters. The van der Waals surface area contributed by atoms with E-state index in [1.807, 2.05) is 0 Å². The van der Waals surface area contributed by atoms with Gasteiger partial charge in [0.2, 0.25) is 100 Å². The molecule has 4 fully saturated rings. The molecule has 0 aliphatic carbocycles. The molecule has 5 rings (SSSR count). The van der Waals surface area contributed by atoms with Gasteiger partial charge in [-0.05, 0) is 85.5 Å². The number of amides is 12. The van der Waals surface area contributed by atoms with Gasteiger partial charge in [-0.2, -0.15) is 0 Å². The number of nitrogens with zero attached hydrogens (tertiary/aromatic N) is 3. The van der Waals surface area contributed by atoms with Crippen molar-refractivity contribution in [3.63, 3.8) is 0 Å². The maximum absolute atomic E-state index is 13.7. The molecule has 0 spiro atoms. The van der Waals surface area contributed by atoms with Crippen LogP contribution in [0.4, 0.5) is 0 Å². The predicted molar refractivity (Wildman–Crippen MR) is 430 cm³/mol. The Bertz CT molecular complexity index is 4470. The molecule has 65 heteroatoms. The van der Waals surface area contributed by atoms with Gasteiger partial charge in [0.25, 0.3) is 0 Å². The fourth-order valence-electron chi connectivity index (χ4n) is 13.5. The number of primary amides is 2. The maximum atomic E-state index is 13.7. The molecule has 0 bridgehead atoms. The number of carboxylic acid groups (broad SMARTS) is 3. The molecule has 12 amide bonds. The minimum Gasteiger partial charge on any atom is -0.772 e. The van der Waals surface area contributed by atoms with Gasteiger partial charge in [-0.25, -0.2) is 0 Å². The lowest BCUT2D eigenvalue weighted by Gasteiger charge is -2.50. The first-order chi connectivity index (χ1) is 63.3. The summed E-state index contributed by atoms with van der Waals surface area (Å²) in [6.45, 7) is 5.53. The fraction of sp³-hybridized carbons (Fsp3) is 0.761. The normalized spacial score (nSPS) is 28.5. The van der Waals surface area contributed by atoms with Crippen molar-refractivity contribution in [2.45, 2.75) is 304 Å². The van der Waals surface area contributed by atoms with Crippen LogP contribution in [0.5, 0.6) is 0 Å². The summed E-state index contributed by atoms with van der Waals surface area (Å²) < 4.78 is 116. The molecular formula is C71H114N15O46P4-7. The van der Waals surface area contributed by atoms with Crippen molar-refractivity contribution >= 4 is 118 Å². The molecule has 4 aliphatic rings. The number of nitrogens with one attached hydrogen (secondary N) is 10. The summed E-state index contributed by atoms with van der Waals surface area (Å²) in [7, 11) is -23.0. The summed E-state index contributed by atoms with van der Waals surface area (Å²) in [5.41, 5.74) is 11.2. The number of aliphatic carboxylic acids is 3. The SMILES string of the molecule is COP(=O)([O-])P(=O)([O-])O[C@H]1O[C@H](CO)C(O[C@@H]2O[C@H](CO)[C@@H](O)[C@H](O)[C@H]2NC(C)=O)[C@H](O[C@H](C)C(=O)N[C@@H](C)C(=O)N[C@H](CCC(=O)N[C@H](CCCCn2cc(CCCC(NC(C)=O)C(=O)[O-])nn2)C(=O)[O-])C(N)=O)[C@H]1NC(C)=O.COP(=O)([O-])P(=O)([O-])O[C@H]1O[C@H](CO)C(O[C@@H]2O[C@H](CO)[C@@H](O)[C@H](O)[C@H]2NC(C)=O)[C@H](O[C@H](C)C(=O)N[C@@H](C)C(=O)N[C@H](CCC(=O)[O-])C(N)=O)[C@H]1NC(C)=O. The van der Waals surface area contributed by atoms with Crippen molar-refractivity contribution in [3.05, 3.63) is 11.9 Å². The summed E-state index contributed by atoms with van der Waals surface area (Å²) >= 11 is 0. The number of carboxylic acids is 3. The van der Waals surface area contributed by atoms with Crippen LogP contribution in [0.25, 0.3) is 0 Å². The topological polar surface area (TPSA) is 961 Å². The van der Waals surface area contributed by atoms with Crippen LogP contribution in [-0.4, -0.2) is 356 Å². The van der Waals surface area contributed by atoms with Crippen LogP contribution in [0.1, 0.15) is 126 Å². The number of aliphatic hydroxyl groups excluding tert-OH is 8. The lowest BCUT2D eigenvalue weighted by atomic mass is 9.94. The Hall–Kier alpha value is -8.85. The van der Waals surface area contributed by atoms with Crippen molar-refractivity contribution in [3.8, 4) is 0 Å². The number of aliphatic hydroxyl groups is 8. The van der Waals surface area contributed by atoms with Crippen LogP contribution >= 0.6 is 29.1 Å². The Labute approximate surface area is 773 Å². The Morgan fingerprint density at radius 1 is 0.441 bits per heavy atom. The summed E-state index contributed by atoms with van der Waals surface area (Å²) in [6, 6.07) is -16.1. The molecule has 776 valence electrons. The number of nitrogens with two attached hydrogens (primary N) is 2. The van der Waals surface area contributed by atoms with Gasteiger partial charge in [0.05, 0.1) is 56.1 Å². The van der Waals surface area contributed by atoms with Crippen LogP contribution in [-0.2, 0) is 159 Å². The zero-order valence-electron chi connectivity index (χ0n) is 74.7. The molecule has 5 heterocycles. The molecule has 136 heavy (non-hydrogen) atoms. The minimum absolute atomic E-state index is 0.0920. The predicted octanol–water partition coefficient (Wildman–Crippen LogP) is -17.5. The van der Waals surface area contributed by atoms with Gasteiger partial charge in [0.15, 0.2) is 25.2 Å². The summed E-state index contributed by atoms with van der Waals surface area (Å²) in [5.74, 6) is -16.2. The first-order valence-corrected chi connectivity index (χ1v) is 48.9. The van der Waals surface area contributed by atoms with Gasteiger partial charge in [0, 0.05) is 74.0 Å². The number of unbranched alkanes of at least 4 members (excludes halogenated alkanes) is 1. The Kier molecular flexibility index (Phi) is 48.0. The largest absolute Gasteiger partial charge is 0.772 e. The van der Waals surface area contributed by atoms with Crippen molar-refractivity contribution < 1.29 is 222 Å². The number of carbonyl (C=O) groups excluding carboxylic acids is 15. The highest BCUT2D eigenvalue weighted by molar-refractivity contribution is 8.26. The van der Waals surface area contributed by atoms with E-state index in [4.69, 9.17) is 58.4 Å². The van der Waals surface area contributed by atoms with Gasteiger partial charge in [-0.15, -0.1) is 5.10 Å². The molecule has 22 N–H and O–H groups in total. The summed E-state index contributed by atoms with van der Waals surface area (Å²) in [5, 5.41) is 148. The van der Waals surface area contributed by atoms with Gasteiger partial charge >= 0.3 is 0 Å². The highest BCUT2D eigenvalue weighted by atomic mass is 32.1. The van der Waals surface area contributed by atoms with Crippen molar-refractivity contribution in [1.82, 2.24) is 68.2 Å². The monoisotopic (exact) mass is 2040 g/mol. The third-order valence-corrected chi connectivity index (χ3v) is 28.7. The van der Waals surface area contributed by atoms with Crippen LogP contribution in [0.15, 0.2) is 6.20 Å². The van der Waals surface area contributed by atoms with Gasteiger partial charge in [-0.1, -0.05) is 5.21 Å². The average Bonchev–Trinajstić information content (AvgIpc) is 0.821. The Morgan fingerprint density at radius 3 is 1.15 bits per heavy atom. The van der Waals surface area contributed by atoms with E-state index in [9.17, 15) is 166 Å². The standard InChI is InChI=1S/C43H72N10O25P2.C28H49N5O21P2/c1-19(38(63)50-25(37(44)62)13-14-30(59)49-27(41(67)68)11-7-8-15-53-16-24(51-52-53)10-9-12-26(40(65)66)46-21(3)56)45-39(64)20(2)74-36-32(48-23(5)58)43(78-80(71,72)79(69,70)73-6)76-29(18-55)35(36)77-42-31(47-22(4)57)34(61)33(60)28(17-54)75-42;1-10(25(43)33-14(24(29)42)6-7-17(38)39)30-26(44)11(2)50-23-19(32-13(4)37)28(54-56(47,48)55(45,46)49-5)52-16(9-35)22(23)53-27-18(31-12(3)36)21(41)20(40)15(8-34)51-27/h16,19-20,25-29,31-36,42-43,54-55,60-61H,7-15,17-18H2,1-6H3,(H2,44,62)(H,45,64)(H,46,56)(H,47,57)(H,48,58)(H,49,59)(H,50,63)(H,65,66)(H,67,68)(H,69,70)(H,71,72);10-11,14-16,18-23,27-28,34-35,40-41H,6-9H2,1-5H3,(H2,29,42)(H,30,44)(H,31,36)(H,32,37)(H,33,43)(H,38,39)(H,45,46)(H,47,48)/p-7/t19-,20+,25+,26?,27+,28+,29+,31+,32+,33+,34+,35?,36+,42-,43+;10-,11+,14+,15+,16+,18+,19+,20+,21+,22?,23+,27-,28+/m00/s1. The second-order valence-electron chi connectivity index (χ2n) is 31.1. The lowest BCUT2D eigenvalue weighted by molar-refractivity contribution is -0.334. The molecule has 61 nitrogen and oxygen atoms in total. The molecule has 4 aliphatic heterocycles. The van der Waals surface area contributed by atoms with Crippen molar-refractivity contribution in [2.24, 2.45) is 11.5 Å². The van der Waals surface area contributed by atoms with Gasteiger partial charge in [-0.3, -0.25) is 89.5 Å². The number of ether oxygens (including phenoxy) is 8. The van der Waals surface area contributed by atoms with Gasteiger partial charge in [0.1, 0.15) is 134 Å². The van der Waals surface area contributed by atoms with E-state index in [1.165, 1.54) is 11.6 Å². The quantitative estimate of drug-likeness (QED) is 0.0213. The van der Waals surface area contributed by atoms with E-state index in [1.54, 1.807) is 6.20 Å². The van der Waals surface area contributed by atoms with E-state index in [-0.39, 0.29) is 25.8 Å². The van der Waals surface area contributed by atoms with E-state index < -0.39 is 341 Å². The number of hydrogen-bond acceptors (Lipinski definition) is 48. The molecule has 0 radical (unpaired) electrons. The Balaban J connectivity index is 0.000000605. The van der Waals surface area contributed by atoms with E-state index >= 15 is 0 Å². The molecule has 0 saturated carbocycles. The highest BCUT2D eigenvalue weighted by Gasteiger charge is 2.57. The molecule has 1 aromatic rings. The second-order valence-corrected chi connectivity index (χ2v) is 41.9. The third kappa shape index (κ3) is 35.5. The summed E-state index contributed by atoms with van der Waals surface area (Å²) in [6.07, 6.45) is -33.6. The number of carbonyl (C=O) groups is 15. The minimum atomic E-state index is -6.18. The smallest absolute Gasteiger partial charge is 0.249 e. The third-order valence-electron chi connectivity index (χ3n) is 20.5. The fourth-order valence-corrected chi connectivity index (χ4v) is 17.5. The molecule has 1 aromatic heterocycles. The number of hydrogen-bond donors (Lipinski definition) is 20. The maximum Gasteiger partial charge on any atom is 0.249 e. The second kappa shape index (κ2) is 54.6. The number of rotatable bonds is 53. The van der Waals surface area contributed by atoms with Crippen LogP contribution < -0.4 is 99.5 Å². The summed E-state index contributed by atoms with van der Waals surface area (Å²) in [4.78, 5) is 235. The number of aromatic nitrogens is 3. The first-order valence-electron chi connectivity index (χ1n) is 41.4. The number of aryl methyl sites for hydroxylation is 2. The highest BCUT2D eigenvalue weighted by Crippen LogP contribution is 2.73. The van der Waals surface area contributed by atoms with Crippen LogP contribution in [0.3, 0.4) is 0 Å². The van der Waals surface area contributed by atoms with Crippen LogP contribution in [0.2, 0.25) is 0 Å². The van der Waals surface area contributed by atoms with Crippen molar-refractivity contribution in [1.29, 1.82) is 0 Å². The average molecular weight is 2040 g/mol. The van der Waals surface area contributed by atoms with Crippen LogP contribution in [0, 0.1) is 0 Å². The first kappa shape index (κ1) is 119. The molecular weight excluding hydrogens is 1920 g/mol. The lowest BCUT2D eigenvalue weighted by Crippen LogP contribution is -2.70. The Morgan fingerprint density at radius 2 is 0.801 bits per heavy atom. The molecule has 0 aromatic carbocycles. The zero-order chi connectivity index (χ0) is 103. The molecule has 4 saturated heterocycles. The van der Waals surface area contributed by atoms with E-state index in [0.717, 1.165) is 55.4 Å². The van der Waals surface area contributed by atoms with Crippen molar-refractivity contribution in [2.75, 3.05) is 40.6 Å². The zero-order valence-corrected chi connectivity index (χ0v) is 78.3. The van der Waals surface area contributed by atoms with E-state index in [2.05, 4.69) is 72.5 Å². The molecule has 32 atom stereocenters.